The van der Waals surface area contributed by atoms with E-state index in [1.54, 1.807) is 24.3 Å². The molecular weight excluding hydrogens is 256 g/mol. The Kier molecular flexibility index (Phi) is 4.19. The molecule has 2 aromatic rings. The molecule has 0 heterocycles. The zero-order chi connectivity index (χ0) is 14.8. The molecule has 0 saturated heterocycles. The van der Waals surface area contributed by atoms with Gasteiger partial charge in [0.25, 0.3) is 0 Å². The zero-order valence-electron chi connectivity index (χ0n) is 12.0. The molecule has 106 valence electrons. The Morgan fingerprint density at radius 2 is 1.30 bits per heavy atom. The van der Waals surface area contributed by atoms with Crippen LogP contribution in [-0.4, -0.2) is 7.05 Å². The van der Waals surface area contributed by atoms with E-state index in [2.05, 4.69) is 19.2 Å². The van der Waals surface area contributed by atoms with E-state index in [1.807, 2.05) is 7.05 Å². The van der Waals surface area contributed by atoms with Crippen molar-refractivity contribution in [2.24, 2.45) is 0 Å². The maximum absolute atomic E-state index is 13.1. The van der Waals surface area contributed by atoms with E-state index in [4.69, 9.17) is 0 Å². The minimum atomic E-state index is -0.250. The Labute approximate surface area is 118 Å². The second-order valence-corrected chi connectivity index (χ2v) is 5.50. The smallest absolute Gasteiger partial charge is 0.123 e. The topological polar surface area (TPSA) is 12.0 Å². The first kappa shape index (κ1) is 14.7. The van der Waals surface area contributed by atoms with E-state index >= 15 is 0 Å². The number of likely N-dealkylation sites (N-methyl/N-ethyl adjacent to an activating group) is 1. The summed E-state index contributed by atoms with van der Waals surface area (Å²) < 4.78 is 26.1. The molecule has 1 unspecified atom stereocenters. The van der Waals surface area contributed by atoms with E-state index in [0.29, 0.717) is 0 Å². The lowest BCUT2D eigenvalue weighted by Gasteiger charge is -2.35. The fraction of sp³-hybridized carbons (Fsp3) is 0.294. The lowest BCUT2D eigenvalue weighted by molar-refractivity contribution is 0.368. The largest absolute Gasteiger partial charge is 0.312 e. The summed E-state index contributed by atoms with van der Waals surface area (Å²) in [5.41, 5.74) is 1.78. The lowest BCUT2D eigenvalue weighted by atomic mass is 9.75. The third-order valence-electron chi connectivity index (χ3n) is 3.80. The van der Waals surface area contributed by atoms with Crippen molar-refractivity contribution >= 4 is 0 Å². The van der Waals surface area contributed by atoms with Gasteiger partial charge in [0.2, 0.25) is 0 Å². The molecular formula is C17H19F2N. The van der Waals surface area contributed by atoms with Gasteiger partial charge < -0.3 is 5.32 Å². The number of halogens is 2. The molecule has 0 radical (unpaired) electrons. The van der Waals surface area contributed by atoms with E-state index in [1.165, 1.54) is 24.3 Å². The Morgan fingerprint density at radius 1 is 0.850 bits per heavy atom. The van der Waals surface area contributed by atoms with Crippen LogP contribution in [0.1, 0.15) is 31.0 Å². The predicted octanol–water partition coefficient (Wildman–Crippen LogP) is 4.20. The van der Waals surface area contributed by atoms with Gasteiger partial charge in [0, 0.05) is 11.5 Å². The number of nitrogens with one attached hydrogen (secondary N) is 1. The third-order valence-corrected chi connectivity index (χ3v) is 3.80. The summed E-state index contributed by atoms with van der Waals surface area (Å²) in [7, 11) is 1.87. The van der Waals surface area contributed by atoms with Crippen molar-refractivity contribution < 1.29 is 8.78 Å². The quantitative estimate of drug-likeness (QED) is 0.881. The SMILES string of the molecule is CNC(c1ccc(F)cc1)C(C)(C)c1ccc(F)cc1. The summed E-state index contributed by atoms with van der Waals surface area (Å²) in [5.74, 6) is -0.490. The maximum atomic E-state index is 13.1. The van der Waals surface area contributed by atoms with Crippen LogP contribution in [0, 0.1) is 11.6 Å². The highest BCUT2D eigenvalue weighted by molar-refractivity contribution is 5.32. The van der Waals surface area contributed by atoms with Gasteiger partial charge in [-0.05, 0) is 42.4 Å². The molecule has 0 saturated carbocycles. The second kappa shape index (κ2) is 5.71. The van der Waals surface area contributed by atoms with Crippen LogP contribution in [0.15, 0.2) is 48.5 Å². The second-order valence-electron chi connectivity index (χ2n) is 5.50. The summed E-state index contributed by atoms with van der Waals surface area (Å²) in [4.78, 5) is 0. The minimum absolute atomic E-state index is 0.00793. The van der Waals surface area contributed by atoms with Crippen molar-refractivity contribution in [3.05, 3.63) is 71.3 Å². The van der Waals surface area contributed by atoms with Crippen molar-refractivity contribution in [3.63, 3.8) is 0 Å². The molecule has 2 aromatic carbocycles. The zero-order valence-corrected chi connectivity index (χ0v) is 12.0. The summed E-state index contributed by atoms with van der Waals surface area (Å²) in [6.45, 7) is 4.18. The molecule has 0 bridgehead atoms. The predicted molar refractivity (Wildman–Crippen MR) is 77.6 cm³/mol. The summed E-state index contributed by atoms with van der Waals surface area (Å²) in [5, 5.41) is 3.27. The Hall–Kier alpha value is -1.74. The molecule has 20 heavy (non-hydrogen) atoms. The minimum Gasteiger partial charge on any atom is -0.312 e. The van der Waals surface area contributed by atoms with Crippen LogP contribution >= 0.6 is 0 Å². The van der Waals surface area contributed by atoms with E-state index < -0.39 is 0 Å². The molecule has 0 aromatic heterocycles. The molecule has 0 aliphatic carbocycles. The molecule has 1 N–H and O–H groups in total. The first-order valence-corrected chi connectivity index (χ1v) is 6.64. The highest BCUT2D eigenvalue weighted by atomic mass is 19.1. The first-order chi connectivity index (χ1) is 9.45. The highest BCUT2D eigenvalue weighted by Gasteiger charge is 2.31. The van der Waals surface area contributed by atoms with Crippen molar-refractivity contribution in [3.8, 4) is 0 Å². The third kappa shape index (κ3) is 2.88. The standard InChI is InChI=1S/C17H19F2N/c1-17(2,13-6-10-15(19)11-7-13)16(20-3)12-4-8-14(18)9-5-12/h4-11,16,20H,1-3H3. The number of hydrogen-bond acceptors (Lipinski definition) is 1. The van der Waals surface area contributed by atoms with Gasteiger partial charge >= 0.3 is 0 Å². The summed E-state index contributed by atoms with van der Waals surface area (Å²) >= 11 is 0. The van der Waals surface area contributed by atoms with Crippen LogP contribution in [-0.2, 0) is 5.41 Å². The van der Waals surface area contributed by atoms with Gasteiger partial charge in [0.1, 0.15) is 11.6 Å². The molecule has 0 aliphatic heterocycles. The molecule has 1 atom stereocenters. The maximum Gasteiger partial charge on any atom is 0.123 e. The van der Waals surface area contributed by atoms with Gasteiger partial charge in [-0.2, -0.15) is 0 Å². The lowest BCUT2D eigenvalue weighted by Crippen LogP contribution is -2.35. The molecule has 0 aliphatic rings. The van der Waals surface area contributed by atoms with Crippen LogP contribution in [0.2, 0.25) is 0 Å². The van der Waals surface area contributed by atoms with Crippen molar-refractivity contribution in [1.82, 2.24) is 5.32 Å². The summed E-state index contributed by atoms with van der Waals surface area (Å²) in [6.07, 6.45) is 0. The first-order valence-electron chi connectivity index (χ1n) is 6.64. The highest BCUT2D eigenvalue weighted by Crippen LogP contribution is 2.36. The number of rotatable bonds is 4. The van der Waals surface area contributed by atoms with Gasteiger partial charge in [-0.3, -0.25) is 0 Å². The molecule has 3 heteroatoms. The fourth-order valence-corrected chi connectivity index (χ4v) is 2.65. The van der Waals surface area contributed by atoms with Gasteiger partial charge in [-0.1, -0.05) is 38.1 Å². The van der Waals surface area contributed by atoms with Gasteiger partial charge in [-0.25, -0.2) is 8.78 Å². The Morgan fingerprint density at radius 3 is 1.75 bits per heavy atom. The molecule has 1 nitrogen and oxygen atoms in total. The van der Waals surface area contributed by atoms with Crippen LogP contribution in [0.3, 0.4) is 0 Å². The van der Waals surface area contributed by atoms with Crippen LogP contribution in [0.25, 0.3) is 0 Å². The normalized spacial score (nSPS) is 13.2. The van der Waals surface area contributed by atoms with Crippen molar-refractivity contribution in [2.45, 2.75) is 25.3 Å². The molecule has 0 amide bonds. The van der Waals surface area contributed by atoms with Crippen molar-refractivity contribution in [2.75, 3.05) is 7.05 Å². The summed E-state index contributed by atoms with van der Waals surface area (Å²) in [6, 6.07) is 13.0. The molecule has 2 rings (SSSR count). The van der Waals surface area contributed by atoms with Crippen molar-refractivity contribution in [1.29, 1.82) is 0 Å². The van der Waals surface area contributed by atoms with E-state index in [0.717, 1.165) is 11.1 Å². The Bertz CT molecular complexity index is 559. The molecule has 0 fully saturated rings. The van der Waals surface area contributed by atoms with Crippen LogP contribution in [0.4, 0.5) is 8.78 Å². The van der Waals surface area contributed by atoms with E-state index in [-0.39, 0.29) is 23.1 Å². The average Bonchev–Trinajstić information content (AvgIpc) is 2.42. The van der Waals surface area contributed by atoms with Gasteiger partial charge in [0.05, 0.1) is 0 Å². The number of benzene rings is 2. The average molecular weight is 275 g/mol. The van der Waals surface area contributed by atoms with E-state index in [9.17, 15) is 8.78 Å². The fourth-order valence-electron chi connectivity index (χ4n) is 2.65. The van der Waals surface area contributed by atoms with Crippen LogP contribution < -0.4 is 5.32 Å². The number of hydrogen-bond donors (Lipinski definition) is 1. The van der Waals surface area contributed by atoms with Gasteiger partial charge in [0.15, 0.2) is 0 Å². The molecule has 0 spiro atoms. The monoisotopic (exact) mass is 275 g/mol. The van der Waals surface area contributed by atoms with Crippen LogP contribution in [0.5, 0.6) is 0 Å². The van der Waals surface area contributed by atoms with Gasteiger partial charge in [-0.15, -0.1) is 0 Å². The Balaban J connectivity index is 2.38.